The number of aromatic nitrogens is 2. The Morgan fingerprint density at radius 1 is 1.12 bits per heavy atom. The van der Waals surface area contributed by atoms with Gasteiger partial charge < -0.3 is 10.6 Å². The number of hydrogen-bond acceptors (Lipinski definition) is 4. The summed E-state index contributed by atoms with van der Waals surface area (Å²) in [5.74, 6) is 0.0562. The molecule has 2 rings (SSSR count). The minimum Gasteiger partial charge on any atom is -0.352 e. The van der Waals surface area contributed by atoms with E-state index in [9.17, 15) is 13.2 Å². The molecular formula is C17H20BrF3N4. The van der Waals surface area contributed by atoms with Crippen molar-refractivity contribution in [2.45, 2.75) is 46.3 Å². The summed E-state index contributed by atoms with van der Waals surface area (Å²) >= 11 is 3.40. The lowest BCUT2D eigenvalue weighted by molar-refractivity contribution is -0.141. The van der Waals surface area contributed by atoms with Crippen LogP contribution in [-0.4, -0.2) is 16.0 Å². The summed E-state index contributed by atoms with van der Waals surface area (Å²) in [6.07, 6.45) is -3.80. The monoisotopic (exact) mass is 416 g/mol. The SMILES string of the molecule is CC[C@H](C)Nc1nc(Nc2c(C)cc(Br)cc2C)cc(C(F)(F)F)n1. The van der Waals surface area contributed by atoms with Crippen molar-refractivity contribution in [2.24, 2.45) is 0 Å². The van der Waals surface area contributed by atoms with Gasteiger partial charge in [-0.1, -0.05) is 22.9 Å². The van der Waals surface area contributed by atoms with E-state index >= 15 is 0 Å². The van der Waals surface area contributed by atoms with Gasteiger partial charge in [-0.15, -0.1) is 0 Å². The summed E-state index contributed by atoms with van der Waals surface area (Å²) in [6, 6.07) is 4.66. The molecule has 4 nitrogen and oxygen atoms in total. The van der Waals surface area contributed by atoms with E-state index in [0.29, 0.717) is 0 Å². The zero-order valence-corrected chi connectivity index (χ0v) is 16.0. The first-order valence-electron chi connectivity index (χ1n) is 7.86. The Bertz CT molecular complexity index is 739. The Hall–Kier alpha value is -1.83. The largest absolute Gasteiger partial charge is 0.433 e. The van der Waals surface area contributed by atoms with Crippen LogP contribution in [0.2, 0.25) is 0 Å². The van der Waals surface area contributed by atoms with Gasteiger partial charge in [-0.05, 0) is 50.5 Å². The molecule has 25 heavy (non-hydrogen) atoms. The van der Waals surface area contributed by atoms with Crippen molar-refractivity contribution < 1.29 is 13.2 Å². The van der Waals surface area contributed by atoms with Gasteiger partial charge in [-0.2, -0.15) is 18.2 Å². The topological polar surface area (TPSA) is 49.8 Å². The van der Waals surface area contributed by atoms with Crippen molar-refractivity contribution in [1.82, 2.24) is 9.97 Å². The van der Waals surface area contributed by atoms with Crippen molar-refractivity contribution >= 4 is 33.4 Å². The van der Waals surface area contributed by atoms with Crippen LogP contribution < -0.4 is 10.6 Å². The molecule has 1 aromatic heterocycles. The molecule has 0 unspecified atom stereocenters. The molecular weight excluding hydrogens is 397 g/mol. The zero-order chi connectivity index (χ0) is 18.8. The maximum Gasteiger partial charge on any atom is 0.433 e. The molecule has 0 aliphatic rings. The number of anilines is 3. The molecule has 0 aliphatic carbocycles. The Balaban J connectivity index is 2.44. The Morgan fingerprint density at radius 3 is 2.24 bits per heavy atom. The van der Waals surface area contributed by atoms with Gasteiger partial charge in [0.2, 0.25) is 5.95 Å². The Morgan fingerprint density at radius 2 is 1.72 bits per heavy atom. The van der Waals surface area contributed by atoms with E-state index in [1.54, 1.807) is 0 Å². The highest BCUT2D eigenvalue weighted by molar-refractivity contribution is 9.10. The molecule has 0 aliphatic heterocycles. The minimum atomic E-state index is -4.55. The van der Waals surface area contributed by atoms with E-state index in [2.05, 4.69) is 36.5 Å². The van der Waals surface area contributed by atoms with Crippen LogP contribution in [-0.2, 0) is 6.18 Å². The molecule has 0 saturated heterocycles. The van der Waals surface area contributed by atoms with Gasteiger partial charge >= 0.3 is 6.18 Å². The molecule has 0 spiro atoms. The van der Waals surface area contributed by atoms with E-state index in [1.165, 1.54) is 0 Å². The van der Waals surface area contributed by atoms with Crippen LogP contribution in [0.3, 0.4) is 0 Å². The van der Waals surface area contributed by atoms with Crippen molar-refractivity contribution in [3.8, 4) is 0 Å². The molecule has 2 N–H and O–H groups in total. The van der Waals surface area contributed by atoms with Crippen molar-refractivity contribution in [3.05, 3.63) is 39.5 Å². The lowest BCUT2D eigenvalue weighted by Crippen LogP contribution is -2.19. The minimum absolute atomic E-state index is 0.0347. The fourth-order valence-electron chi connectivity index (χ4n) is 2.28. The second kappa shape index (κ2) is 7.59. The summed E-state index contributed by atoms with van der Waals surface area (Å²) in [4.78, 5) is 7.79. The highest BCUT2D eigenvalue weighted by atomic mass is 79.9. The lowest BCUT2D eigenvalue weighted by Gasteiger charge is -2.17. The number of benzene rings is 1. The van der Waals surface area contributed by atoms with Crippen LogP contribution in [0.4, 0.5) is 30.6 Å². The van der Waals surface area contributed by atoms with Crippen LogP contribution in [0.5, 0.6) is 0 Å². The third kappa shape index (κ3) is 5.07. The molecule has 136 valence electrons. The Labute approximate surface area is 153 Å². The predicted molar refractivity (Wildman–Crippen MR) is 97.3 cm³/mol. The van der Waals surface area contributed by atoms with Gasteiger partial charge in [-0.3, -0.25) is 0 Å². The third-order valence-corrected chi connectivity index (χ3v) is 4.21. The average molecular weight is 417 g/mol. The van der Waals surface area contributed by atoms with Gasteiger partial charge in [0.25, 0.3) is 0 Å². The summed E-state index contributed by atoms with van der Waals surface area (Å²) in [5, 5.41) is 5.90. The molecule has 0 radical (unpaired) electrons. The van der Waals surface area contributed by atoms with Gasteiger partial charge in [0.15, 0.2) is 5.69 Å². The smallest absolute Gasteiger partial charge is 0.352 e. The quantitative estimate of drug-likeness (QED) is 0.643. The van der Waals surface area contributed by atoms with Gasteiger partial charge in [0, 0.05) is 22.3 Å². The van der Waals surface area contributed by atoms with Crippen LogP contribution in [0.25, 0.3) is 0 Å². The molecule has 1 aromatic carbocycles. The lowest BCUT2D eigenvalue weighted by atomic mass is 10.1. The molecule has 8 heteroatoms. The molecule has 2 aromatic rings. The summed E-state index contributed by atoms with van der Waals surface area (Å²) in [7, 11) is 0. The number of hydrogen-bond donors (Lipinski definition) is 2. The molecule has 0 bridgehead atoms. The first kappa shape index (κ1) is 19.5. The maximum absolute atomic E-state index is 13.2. The standard InChI is InChI=1S/C17H20BrF3N4/c1-5-11(4)22-16-23-13(17(19,20)21)8-14(25-16)24-15-9(2)6-12(18)7-10(15)3/h6-8,11H,5H2,1-4H3,(H2,22,23,24,25)/t11-/m0/s1. The van der Waals surface area contributed by atoms with Gasteiger partial charge in [-0.25, -0.2) is 4.98 Å². The van der Waals surface area contributed by atoms with Crippen LogP contribution in [0.1, 0.15) is 37.1 Å². The van der Waals surface area contributed by atoms with E-state index in [-0.39, 0.29) is 17.8 Å². The van der Waals surface area contributed by atoms with E-state index in [0.717, 1.165) is 33.8 Å². The molecule has 0 saturated carbocycles. The molecule has 0 amide bonds. The van der Waals surface area contributed by atoms with Crippen LogP contribution >= 0.6 is 15.9 Å². The van der Waals surface area contributed by atoms with Crippen molar-refractivity contribution in [1.29, 1.82) is 0 Å². The fourth-order valence-corrected chi connectivity index (χ4v) is 2.97. The van der Waals surface area contributed by atoms with Crippen LogP contribution in [0, 0.1) is 13.8 Å². The number of nitrogens with one attached hydrogen (secondary N) is 2. The van der Waals surface area contributed by atoms with Crippen molar-refractivity contribution in [3.63, 3.8) is 0 Å². The number of nitrogens with zero attached hydrogens (tertiary/aromatic N) is 2. The van der Waals surface area contributed by atoms with E-state index in [4.69, 9.17) is 0 Å². The number of rotatable bonds is 5. The second-order valence-electron chi connectivity index (χ2n) is 5.95. The van der Waals surface area contributed by atoms with Gasteiger partial charge in [0.1, 0.15) is 5.82 Å². The van der Waals surface area contributed by atoms with Crippen LogP contribution in [0.15, 0.2) is 22.7 Å². The maximum atomic E-state index is 13.2. The highest BCUT2D eigenvalue weighted by Gasteiger charge is 2.34. The first-order chi connectivity index (χ1) is 11.6. The second-order valence-corrected chi connectivity index (χ2v) is 6.87. The average Bonchev–Trinajstić information content (AvgIpc) is 2.49. The third-order valence-electron chi connectivity index (χ3n) is 3.75. The predicted octanol–water partition coefficient (Wildman–Crippen LogP) is 5.83. The summed E-state index contributed by atoms with van der Waals surface area (Å²) in [5.41, 5.74) is 1.54. The highest BCUT2D eigenvalue weighted by Crippen LogP contribution is 2.32. The number of aryl methyl sites for hydroxylation is 2. The molecule has 0 fully saturated rings. The summed E-state index contributed by atoms with van der Waals surface area (Å²) in [6.45, 7) is 7.55. The normalized spacial score (nSPS) is 12.8. The van der Waals surface area contributed by atoms with Gasteiger partial charge in [0.05, 0.1) is 0 Å². The van der Waals surface area contributed by atoms with E-state index < -0.39 is 11.9 Å². The zero-order valence-electron chi connectivity index (χ0n) is 14.4. The number of alkyl halides is 3. The number of halogens is 4. The summed E-state index contributed by atoms with van der Waals surface area (Å²) < 4.78 is 40.4. The first-order valence-corrected chi connectivity index (χ1v) is 8.66. The van der Waals surface area contributed by atoms with Crippen molar-refractivity contribution in [2.75, 3.05) is 10.6 Å². The Kier molecular flexibility index (Phi) is 5.92. The fraction of sp³-hybridized carbons (Fsp3) is 0.412. The molecule has 1 heterocycles. The van der Waals surface area contributed by atoms with E-state index in [1.807, 2.05) is 39.8 Å². The molecule has 1 atom stereocenters.